The van der Waals surface area contributed by atoms with Gasteiger partial charge in [0.15, 0.2) is 0 Å². The fourth-order valence-corrected chi connectivity index (χ4v) is 1.26. The zero-order valence-electron chi connectivity index (χ0n) is 7.11. The molecule has 0 aliphatic carbocycles. The molecule has 0 saturated carbocycles. The van der Waals surface area contributed by atoms with Gasteiger partial charge < -0.3 is 0 Å². The first-order valence-electron chi connectivity index (χ1n) is 3.33. The van der Waals surface area contributed by atoms with E-state index in [4.69, 9.17) is 4.55 Å². The summed E-state index contributed by atoms with van der Waals surface area (Å²) < 4.78 is 30.0. The third-order valence-corrected chi connectivity index (χ3v) is 1.86. The van der Waals surface area contributed by atoms with Crippen molar-refractivity contribution in [2.24, 2.45) is 0 Å². The molecule has 0 heterocycles. The van der Waals surface area contributed by atoms with Gasteiger partial charge in [0.1, 0.15) is 0 Å². The van der Waals surface area contributed by atoms with E-state index in [0.717, 1.165) is 5.57 Å². The van der Waals surface area contributed by atoms with Crippen LogP contribution in [0.3, 0.4) is 0 Å². The van der Waals surface area contributed by atoms with E-state index in [0.29, 0.717) is 0 Å². The molecule has 0 fully saturated rings. The van der Waals surface area contributed by atoms with Crippen molar-refractivity contribution in [1.82, 2.24) is 0 Å². The Hall–Kier alpha value is -0.870. The van der Waals surface area contributed by atoms with E-state index >= 15 is 0 Å². The van der Waals surface area contributed by atoms with E-state index in [2.05, 4.69) is 6.58 Å². The second kappa shape index (κ2) is 4.23. The summed E-state index contributed by atoms with van der Waals surface area (Å²) in [5.74, 6) is 0. The Labute approximate surface area is 72.9 Å². The molecule has 0 aromatic rings. The van der Waals surface area contributed by atoms with Crippen molar-refractivity contribution in [2.75, 3.05) is 0 Å². The van der Waals surface area contributed by atoms with Gasteiger partial charge in [-0.3, -0.25) is 4.55 Å². The summed E-state index contributed by atoms with van der Waals surface area (Å²) in [4.78, 5) is -0.141. The predicted octanol–water partition coefficient (Wildman–Crippen LogP) is 1.91. The van der Waals surface area contributed by atoms with E-state index < -0.39 is 10.1 Å². The highest BCUT2D eigenvalue weighted by atomic mass is 32.2. The lowest BCUT2D eigenvalue weighted by Gasteiger charge is -1.96. The average Bonchev–Trinajstić information content (AvgIpc) is 1.83. The molecule has 3 nitrogen and oxygen atoms in total. The maximum atomic E-state index is 10.7. The minimum atomic E-state index is -4.11. The first kappa shape index (κ1) is 11.1. The molecule has 4 heteroatoms. The number of allylic oxidation sites excluding steroid dienone is 4. The van der Waals surface area contributed by atoms with Gasteiger partial charge in [0.05, 0.1) is 4.91 Å². The Morgan fingerprint density at radius 3 is 2.17 bits per heavy atom. The fraction of sp³-hybridized carbons (Fsp3) is 0.250. The molecule has 0 bridgehead atoms. The smallest absolute Gasteiger partial charge is 0.282 e. The Bertz CT molecular complexity index is 316. The second-order valence-electron chi connectivity index (χ2n) is 2.50. The van der Waals surface area contributed by atoms with Crippen LogP contribution in [0.15, 0.2) is 35.3 Å². The minimum Gasteiger partial charge on any atom is -0.282 e. The van der Waals surface area contributed by atoms with Crippen molar-refractivity contribution >= 4 is 10.1 Å². The van der Waals surface area contributed by atoms with Crippen LogP contribution in [-0.2, 0) is 10.1 Å². The lowest BCUT2D eigenvalue weighted by atomic mass is 10.3. The molecule has 0 aromatic carbocycles. The maximum Gasteiger partial charge on any atom is 0.294 e. The van der Waals surface area contributed by atoms with Crippen LogP contribution in [0.4, 0.5) is 0 Å². The molecule has 0 radical (unpaired) electrons. The normalized spacial score (nSPS) is 12.4. The van der Waals surface area contributed by atoms with Crippen LogP contribution in [0.1, 0.15) is 13.8 Å². The fourth-order valence-electron chi connectivity index (χ4n) is 0.609. The van der Waals surface area contributed by atoms with E-state index in [1.165, 1.54) is 18.2 Å². The van der Waals surface area contributed by atoms with Gasteiger partial charge in [-0.2, -0.15) is 8.42 Å². The topological polar surface area (TPSA) is 54.4 Å². The molecule has 0 aromatic heterocycles. The van der Waals surface area contributed by atoms with Gasteiger partial charge in [0.25, 0.3) is 10.1 Å². The number of hydrogen-bond donors (Lipinski definition) is 1. The van der Waals surface area contributed by atoms with Gasteiger partial charge in [-0.25, -0.2) is 0 Å². The van der Waals surface area contributed by atoms with Crippen molar-refractivity contribution in [3.63, 3.8) is 0 Å². The third-order valence-electron chi connectivity index (χ3n) is 1.01. The van der Waals surface area contributed by atoms with Crippen molar-refractivity contribution in [3.05, 3.63) is 35.3 Å². The molecule has 0 rings (SSSR count). The average molecular weight is 188 g/mol. The number of hydrogen-bond acceptors (Lipinski definition) is 2. The van der Waals surface area contributed by atoms with E-state index in [1.54, 1.807) is 13.8 Å². The van der Waals surface area contributed by atoms with Gasteiger partial charge in [0.2, 0.25) is 0 Å². The Kier molecular flexibility index (Phi) is 3.92. The molecule has 1 N–H and O–H groups in total. The van der Waals surface area contributed by atoms with Crippen molar-refractivity contribution in [2.45, 2.75) is 13.8 Å². The summed E-state index contributed by atoms with van der Waals surface area (Å²) in [5.41, 5.74) is 0.792. The lowest BCUT2D eigenvalue weighted by molar-refractivity contribution is 0.492. The first-order valence-corrected chi connectivity index (χ1v) is 4.77. The lowest BCUT2D eigenvalue weighted by Crippen LogP contribution is -1.99. The number of rotatable bonds is 3. The molecule has 12 heavy (non-hydrogen) atoms. The molecule has 0 amide bonds. The summed E-state index contributed by atoms with van der Waals surface area (Å²) in [6.07, 6.45) is 3.92. The molecular formula is C8H12O3S. The third kappa shape index (κ3) is 4.10. The zero-order valence-corrected chi connectivity index (χ0v) is 7.93. The van der Waals surface area contributed by atoms with Crippen LogP contribution in [0.25, 0.3) is 0 Å². The van der Waals surface area contributed by atoms with Crippen LogP contribution >= 0.6 is 0 Å². The predicted molar refractivity (Wildman–Crippen MR) is 49.3 cm³/mol. The van der Waals surface area contributed by atoms with Crippen LogP contribution in [0.2, 0.25) is 0 Å². The molecule has 0 spiro atoms. The van der Waals surface area contributed by atoms with Gasteiger partial charge in [-0.1, -0.05) is 18.2 Å². The Morgan fingerprint density at radius 2 is 1.92 bits per heavy atom. The van der Waals surface area contributed by atoms with E-state index in [1.807, 2.05) is 0 Å². The minimum absolute atomic E-state index is 0.141. The molecule has 0 aliphatic rings. The van der Waals surface area contributed by atoms with Crippen LogP contribution in [-0.4, -0.2) is 13.0 Å². The second-order valence-corrected chi connectivity index (χ2v) is 3.92. The Morgan fingerprint density at radius 1 is 1.42 bits per heavy atom. The van der Waals surface area contributed by atoms with E-state index in [-0.39, 0.29) is 4.91 Å². The first-order chi connectivity index (χ1) is 5.38. The van der Waals surface area contributed by atoms with Crippen molar-refractivity contribution in [1.29, 1.82) is 0 Å². The maximum absolute atomic E-state index is 10.7. The van der Waals surface area contributed by atoms with Gasteiger partial charge in [-0.15, -0.1) is 0 Å². The molecule has 0 saturated heterocycles. The largest absolute Gasteiger partial charge is 0.294 e. The summed E-state index contributed by atoms with van der Waals surface area (Å²) >= 11 is 0. The van der Waals surface area contributed by atoms with Gasteiger partial charge in [0, 0.05) is 0 Å². The molecule has 0 atom stereocenters. The highest BCUT2D eigenvalue weighted by Gasteiger charge is 2.08. The molecule has 68 valence electrons. The monoisotopic (exact) mass is 188 g/mol. The summed E-state index contributed by atoms with van der Waals surface area (Å²) in [5, 5.41) is 0. The van der Waals surface area contributed by atoms with E-state index in [9.17, 15) is 8.42 Å². The molecule has 0 aliphatic heterocycles. The highest BCUT2D eigenvalue weighted by molar-refractivity contribution is 7.90. The highest BCUT2D eigenvalue weighted by Crippen LogP contribution is 2.08. The summed E-state index contributed by atoms with van der Waals surface area (Å²) in [6, 6.07) is 0. The quantitative estimate of drug-likeness (QED) is 0.543. The Balaban J connectivity index is 5.11. The van der Waals surface area contributed by atoms with Crippen molar-refractivity contribution in [3.8, 4) is 0 Å². The van der Waals surface area contributed by atoms with Crippen LogP contribution in [0.5, 0.6) is 0 Å². The van der Waals surface area contributed by atoms with Crippen LogP contribution in [0, 0.1) is 0 Å². The van der Waals surface area contributed by atoms with Gasteiger partial charge in [-0.05, 0) is 26.0 Å². The zero-order chi connectivity index (χ0) is 9.78. The van der Waals surface area contributed by atoms with Gasteiger partial charge >= 0.3 is 0 Å². The summed E-state index contributed by atoms with van der Waals surface area (Å²) in [6.45, 7) is 6.82. The van der Waals surface area contributed by atoms with Crippen molar-refractivity contribution < 1.29 is 13.0 Å². The summed E-state index contributed by atoms with van der Waals surface area (Å²) in [7, 11) is -4.11. The molecular weight excluding hydrogens is 176 g/mol. The standard InChI is InChI=1S/C8H12O3S/c1-4-5-8(6-7(2)3)12(9,10)11/h4-6H,1H2,2-3H3,(H,9,10,11)/b8-5+. The SMILES string of the molecule is C=C/C=C(\C=C(C)C)S(=O)(=O)O. The molecule has 0 unspecified atom stereocenters. The van der Waals surface area contributed by atoms with Crippen LogP contribution < -0.4 is 0 Å².